The summed E-state index contributed by atoms with van der Waals surface area (Å²) in [7, 11) is 0. The maximum Gasteiger partial charge on any atom is 0.326 e. The smallest absolute Gasteiger partial charge is 0.326 e. The zero-order valence-corrected chi connectivity index (χ0v) is 12.0. The van der Waals surface area contributed by atoms with Crippen molar-refractivity contribution in [3.63, 3.8) is 0 Å². The van der Waals surface area contributed by atoms with Crippen LogP contribution in [0.5, 0.6) is 0 Å². The van der Waals surface area contributed by atoms with E-state index in [-0.39, 0.29) is 18.3 Å². The summed E-state index contributed by atoms with van der Waals surface area (Å²) in [5.74, 6) is 0. The van der Waals surface area contributed by atoms with Gasteiger partial charge < -0.3 is 14.8 Å². The minimum Gasteiger partial charge on any atom is -0.395 e. The van der Waals surface area contributed by atoms with Crippen LogP contribution in [0.15, 0.2) is 29.1 Å². The molecule has 1 aliphatic heterocycles. The molecule has 0 bridgehead atoms. The number of hydrogen-bond donors (Lipinski definition) is 2. The van der Waals surface area contributed by atoms with Gasteiger partial charge >= 0.3 is 5.69 Å². The number of nitrogens with one attached hydrogen (secondary N) is 1. The Hall–Kier alpha value is -1.63. The Labute approximate surface area is 122 Å². The molecule has 1 unspecified atom stereocenters. The van der Waals surface area contributed by atoms with E-state index >= 15 is 0 Å². The van der Waals surface area contributed by atoms with Gasteiger partial charge in [0.1, 0.15) is 0 Å². The van der Waals surface area contributed by atoms with Gasteiger partial charge in [-0.1, -0.05) is 12.1 Å². The molecule has 1 fully saturated rings. The predicted octanol–water partition coefficient (Wildman–Crippen LogP) is 0.413. The molecule has 0 aliphatic carbocycles. The van der Waals surface area contributed by atoms with Crippen LogP contribution in [-0.2, 0) is 11.3 Å². The Morgan fingerprint density at radius 2 is 2.19 bits per heavy atom. The lowest BCUT2D eigenvalue weighted by Gasteiger charge is -2.34. The molecule has 1 saturated heterocycles. The molecule has 1 aromatic heterocycles. The molecule has 0 amide bonds. The van der Waals surface area contributed by atoms with Crippen molar-refractivity contribution in [3.05, 3.63) is 34.7 Å². The Morgan fingerprint density at radius 3 is 3.05 bits per heavy atom. The number of aliphatic hydroxyl groups excluding tert-OH is 1. The van der Waals surface area contributed by atoms with Crippen LogP contribution in [0.4, 0.5) is 0 Å². The van der Waals surface area contributed by atoms with Gasteiger partial charge in [0.15, 0.2) is 0 Å². The summed E-state index contributed by atoms with van der Waals surface area (Å²) in [5.41, 5.74) is 1.77. The first kappa shape index (κ1) is 14.3. The largest absolute Gasteiger partial charge is 0.395 e. The van der Waals surface area contributed by atoms with E-state index in [4.69, 9.17) is 4.74 Å². The van der Waals surface area contributed by atoms with E-state index in [0.29, 0.717) is 19.8 Å². The Kier molecular flexibility index (Phi) is 4.38. The van der Waals surface area contributed by atoms with E-state index in [1.165, 1.54) is 0 Å². The molecule has 0 saturated carbocycles. The highest BCUT2D eigenvalue weighted by molar-refractivity contribution is 5.74. The lowest BCUT2D eigenvalue weighted by Crippen LogP contribution is -2.47. The summed E-state index contributed by atoms with van der Waals surface area (Å²) in [4.78, 5) is 17.1. The fraction of sp³-hybridized carbons (Fsp3) is 0.533. The van der Waals surface area contributed by atoms with Gasteiger partial charge in [-0.05, 0) is 18.6 Å². The number of benzene rings is 1. The topological polar surface area (TPSA) is 70.5 Å². The zero-order valence-electron chi connectivity index (χ0n) is 12.0. The van der Waals surface area contributed by atoms with Crippen molar-refractivity contribution < 1.29 is 9.84 Å². The standard InChI is InChI=1S/C15H21N3O3/c19-10-12-11-21-9-8-17(12)6-3-7-18-14-5-2-1-4-13(14)16-15(18)20/h1-2,4-5,12,19H,3,6-11H2,(H,16,20). The number of nitrogens with zero attached hydrogens (tertiary/aromatic N) is 2. The summed E-state index contributed by atoms with van der Waals surface area (Å²) in [6.45, 7) is 3.80. The number of para-hydroxylation sites is 2. The Bertz CT molecular complexity index is 649. The van der Waals surface area contributed by atoms with E-state index in [9.17, 15) is 9.90 Å². The third-order valence-corrected chi connectivity index (χ3v) is 4.07. The number of aryl methyl sites for hydroxylation is 1. The fourth-order valence-electron chi connectivity index (χ4n) is 2.91. The van der Waals surface area contributed by atoms with Gasteiger partial charge in [-0.15, -0.1) is 0 Å². The number of hydrogen-bond acceptors (Lipinski definition) is 4. The van der Waals surface area contributed by atoms with E-state index in [0.717, 1.165) is 30.5 Å². The average molecular weight is 291 g/mol. The van der Waals surface area contributed by atoms with Crippen LogP contribution in [-0.4, -0.2) is 58.5 Å². The highest BCUT2D eigenvalue weighted by Gasteiger charge is 2.21. The third-order valence-electron chi connectivity index (χ3n) is 4.07. The SMILES string of the molecule is O=c1[nH]c2ccccc2n1CCCN1CCOCC1CO. The number of morpholine rings is 1. The monoisotopic (exact) mass is 291 g/mol. The molecule has 6 heteroatoms. The molecule has 1 aromatic carbocycles. The van der Waals surface area contributed by atoms with E-state index in [2.05, 4.69) is 9.88 Å². The van der Waals surface area contributed by atoms with Crippen molar-refractivity contribution in [3.8, 4) is 0 Å². The van der Waals surface area contributed by atoms with Crippen LogP contribution < -0.4 is 5.69 Å². The second kappa shape index (κ2) is 6.43. The van der Waals surface area contributed by atoms with E-state index in [1.54, 1.807) is 4.57 Å². The number of ether oxygens (including phenoxy) is 1. The number of aromatic amines is 1. The molecule has 2 heterocycles. The molecule has 1 atom stereocenters. The number of fused-ring (bicyclic) bond motifs is 1. The van der Waals surface area contributed by atoms with E-state index in [1.807, 2.05) is 24.3 Å². The summed E-state index contributed by atoms with van der Waals surface area (Å²) < 4.78 is 7.15. The third kappa shape index (κ3) is 3.02. The second-order valence-corrected chi connectivity index (χ2v) is 5.40. The predicted molar refractivity (Wildman–Crippen MR) is 80.4 cm³/mol. The van der Waals surface area contributed by atoms with Gasteiger partial charge in [0.05, 0.1) is 36.9 Å². The van der Waals surface area contributed by atoms with Crippen molar-refractivity contribution in [1.29, 1.82) is 0 Å². The molecular formula is C15H21N3O3. The molecule has 2 N–H and O–H groups in total. The number of H-pyrrole nitrogens is 1. The summed E-state index contributed by atoms with van der Waals surface area (Å²) in [6.07, 6.45) is 0.873. The van der Waals surface area contributed by atoms with Gasteiger partial charge in [0.2, 0.25) is 0 Å². The average Bonchev–Trinajstić information content (AvgIpc) is 2.84. The van der Waals surface area contributed by atoms with E-state index < -0.39 is 0 Å². The van der Waals surface area contributed by atoms with Crippen LogP contribution in [0.3, 0.4) is 0 Å². The van der Waals surface area contributed by atoms with Crippen molar-refractivity contribution >= 4 is 11.0 Å². The van der Waals surface area contributed by atoms with Crippen LogP contribution in [0, 0.1) is 0 Å². The van der Waals surface area contributed by atoms with Gasteiger partial charge in [0.25, 0.3) is 0 Å². The fourth-order valence-corrected chi connectivity index (χ4v) is 2.91. The van der Waals surface area contributed by atoms with Crippen molar-refractivity contribution in [2.45, 2.75) is 19.0 Å². The molecule has 2 aromatic rings. The van der Waals surface area contributed by atoms with Crippen molar-refractivity contribution in [2.75, 3.05) is 32.9 Å². The maximum absolute atomic E-state index is 12.0. The molecule has 1 aliphatic rings. The van der Waals surface area contributed by atoms with Crippen molar-refractivity contribution in [1.82, 2.24) is 14.5 Å². The maximum atomic E-state index is 12.0. The Morgan fingerprint density at radius 1 is 1.33 bits per heavy atom. The molecule has 3 rings (SSSR count). The zero-order chi connectivity index (χ0) is 14.7. The summed E-state index contributed by atoms with van der Waals surface area (Å²) in [6, 6.07) is 7.81. The highest BCUT2D eigenvalue weighted by Crippen LogP contribution is 2.11. The summed E-state index contributed by atoms with van der Waals surface area (Å²) in [5, 5.41) is 9.35. The Balaban J connectivity index is 1.64. The van der Waals surface area contributed by atoms with Gasteiger partial charge in [0, 0.05) is 19.6 Å². The summed E-state index contributed by atoms with van der Waals surface area (Å²) >= 11 is 0. The molecule has 6 nitrogen and oxygen atoms in total. The van der Waals surface area contributed by atoms with Crippen LogP contribution in [0.2, 0.25) is 0 Å². The van der Waals surface area contributed by atoms with Crippen molar-refractivity contribution in [2.24, 2.45) is 0 Å². The van der Waals surface area contributed by atoms with Gasteiger partial charge in [-0.25, -0.2) is 4.79 Å². The molecule has 0 radical (unpaired) electrons. The molecule has 114 valence electrons. The minimum atomic E-state index is -0.0584. The first-order valence-electron chi connectivity index (χ1n) is 7.40. The number of imidazole rings is 1. The number of aromatic nitrogens is 2. The first-order valence-corrected chi connectivity index (χ1v) is 7.40. The minimum absolute atomic E-state index is 0.0584. The quantitative estimate of drug-likeness (QED) is 0.837. The van der Waals surface area contributed by atoms with Crippen LogP contribution >= 0.6 is 0 Å². The highest BCUT2D eigenvalue weighted by atomic mass is 16.5. The molecule has 21 heavy (non-hydrogen) atoms. The first-order chi connectivity index (χ1) is 10.3. The molecular weight excluding hydrogens is 270 g/mol. The normalized spacial score (nSPS) is 20.1. The molecule has 0 spiro atoms. The lowest BCUT2D eigenvalue weighted by molar-refractivity contribution is -0.0280. The van der Waals surface area contributed by atoms with Crippen LogP contribution in [0.25, 0.3) is 11.0 Å². The van der Waals surface area contributed by atoms with Gasteiger partial charge in [-0.2, -0.15) is 0 Å². The second-order valence-electron chi connectivity index (χ2n) is 5.40. The number of rotatable bonds is 5. The number of aliphatic hydroxyl groups is 1. The van der Waals surface area contributed by atoms with Crippen LogP contribution in [0.1, 0.15) is 6.42 Å². The lowest BCUT2D eigenvalue weighted by atomic mass is 10.2. The van der Waals surface area contributed by atoms with Gasteiger partial charge in [-0.3, -0.25) is 9.47 Å².